The predicted molar refractivity (Wildman–Crippen MR) is 67.7 cm³/mol. The number of rotatable bonds is 6. The Balaban J connectivity index is 2.01. The molecule has 1 aromatic carbocycles. The molecule has 0 radical (unpaired) electrons. The van der Waals surface area contributed by atoms with Gasteiger partial charge in [-0.15, -0.1) is 0 Å². The number of hydrogen-bond acceptors (Lipinski definition) is 5. The number of ether oxygens (including phenoxy) is 3. The van der Waals surface area contributed by atoms with E-state index in [9.17, 15) is 8.78 Å². The highest BCUT2D eigenvalue weighted by Crippen LogP contribution is 2.40. The first-order valence-electron chi connectivity index (χ1n) is 6.25. The normalized spacial score (nSPS) is 15.2. The quantitative estimate of drug-likeness (QED) is 0.823. The van der Waals surface area contributed by atoms with E-state index in [4.69, 9.17) is 19.3 Å². The van der Waals surface area contributed by atoms with Crippen LogP contribution in [0.25, 0.3) is 0 Å². The van der Waals surface area contributed by atoms with Gasteiger partial charge in [0.15, 0.2) is 11.5 Å². The number of nitrogens with one attached hydrogen (secondary N) is 1. The molecule has 1 aliphatic rings. The van der Waals surface area contributed by atoms with Crippen molar-refractivity contribution >= 4 is 0 Å². The summed E-state index contributed by atoms with van der Waals surface area (Å²) in [7, 11) is 1.52. The Morgan fingerprint density at radius 2 is 2.10 bits per heavy atom. The molecule has 0 bridgehead atoms. The average Bonchev–Trinajstić information content (AvgIpc) is 2.46. The molecule has 2 N–H and O–H groups in total. The maximum atomic E-state index is 12.2. The van der Waals surface area contributed by atoms with Gasteiger partial charge in [0.2, 0.25) is 5.75 Å². The summed E-state index contributed by atoms with van der Waals surface area (Å²) in [6.45, 7) is 1.05. The smallest absolute Gasteiger partial charge is 0.265 e. The highest BCUT2D eigenvalue weighted by atomic mass is 19.3. The first-order chi connectivity index (χ1) is 9.61. The van der Waals surface area contributed by atoms with E-state index in [2.05, 4.69) is 5.32 Å². The number of halogens is 2. The Bertz CT molecular complexity index is 439. The molecule has 20 heavy (non-hydrogen) atoms. The Hall–Kier alpha value is -1.60. The third-order valence-electron chi connectivity index (χ3n) is 2.86. The Labute approximate surface area is 115 Å². The Kier molecular flexibility index (Phi) is 4.97. The van der Waals surface area contributed by atoms with Crippen LogP contribution < -0.4 is 19.5 Å². The lowest BCUT2D eigenvalue weighted by atomic mass is 10.1. The minimum atomic E-state index is -2.75. The minimum Gasteiger partial charge on any atom is -0.493 e. The van der Waals surface area contributed by atoms with E-state index in [0.29, 0.717) is 37.0 Å². The van der Waals surface area contributed by atoms with Crippen LogP contribution in [0.5, 0.6) is 17.2 Å². The molecule has 0 fully saturated rings. The maximum absolute atomic E-state index is 12.2. The molecule has 0 saturated carbocycles. The molecular weight excluding hydrogens is 272 g/mol. The summed E-state index contributed by atoms with van der Waals surface area (Å²) in [5.41, 5.74) is 0.799. The molecule has 0 amide bonds. The third-order valence-corrected chi connectivity index (χ3v) is 2.86. The molecule has 1 atom stereocenters. The van der Waals surface area contributed by atoms with Crippen LogP contribution in [0.2, 0.25) is 0 Å². The maximum Gasteiger partial charge on any atom is 0.265 e. The van der Waals surface area contributed by atoms with Gasteiger partial charge < -0.3 is 24.6 Å². The molecule has 0 aromatic heterocycles. The van der Waals surface area contributed by atoms with Crippen LogP contribution in [0.3, 0.4) is 0 Å². The molecule has 1 heterocycles. The van der Waals surface area contributed by atoms with E-state index in [1.54, 1.807) is 12.1 Å². The van der Waals surface area contributed by atoms with Crippen LogP contribution in [0, 0.1) is 0 Å². The van der Waals surface area contributed by atoms with Gasteiger partial charge in [-0.05, 0) is 17.7 Å². The monoisotopic (exact) mass is 289 g/mol. The van der Waals surface area contributed by atoms with Gasteiger partial charge in [-0.1, -0.05) is 0 Å². The van der Waals surface area contributed by atoms with Crippen molar-refractivity contribution in [3.63, 3.8) is 0 Å². The van der Waals surface area contributed by atoms with Crippen LogP contribution in [0.1, 0.15) is 5.56 Å². The number of aliphatic hydroxyl groups is 1. The van der Waals surface area contributed by atoms with Crippen molar-refractivity contribution in [3.05, 3.63) is 17.7 Å². The number of aliphatic hydroxyl groups excluding tert-OH is 1. The van der Waals surface area contributed by atoms with Crippen molar-refractivity contribution in [2.75, 3.05) is 26.9 Å². The number of methoxy groups -OCH3 is 1. The van der Waals surface area contributed by atoms with Gasteiger partial charge in [-0.25, -0.2) is 8.78 Å². The van der Waals surface area contributed by atoms with Crippen LogP contribution >= 0.6 is 0 Å². The Morgan fingerprint density at radius 1 is 1.35 bits per heavy atom. The predicted octanol–water partition coefficient (Wildman–Crippen LogP) is 1.18. The van der Waals surface area contributed by atoms with E-state index in [1.165, 1.54) is 7.11 Å². The summed E-state index contributed by atoms with van der Waals surface area (Å²) in [6.07, 6.45) is -4.42. The van der Waals surface area contributed by atoms with Gasteiger partial charge >= 0.3 is 0 Å². The first-order valence-corrected chi connectivity index (χ1v) is 6.25. The summed E-state index contributed by atoms with van der Waals surface area (Å²) in [6, 6.07) is 3.51. The van der Waals surface area contributed by atoms with Gasteiger partial charge in [0.1, 0.15) is 19.3 Å². The largest absolute Gasteiger partial charge is 0.493 e. The second-order valence-electron chi connectivity index (χ2n) is 4.35. The molecule has 1 unspecified atom stereocenters. The molecule has 7 heteroatoms. The molecule has 5 nitrogen and oxygen atoms in total. The fourth-order valence-electron chi connectivity index (χ4n) is 1.88. The van der Waals surface area contributed by atoms with E-state index in [-0.39, 0.29) is 6.54 Å². The van der Waals surface area contributed by atoms with Gasteiger partial charge in [0, 0.05) is 13.1 Å². The molecule has 112 valence electrons. The van der Waals surface area contributed by atoms with Gasteiger partial charge in [0.25, 0.3) is 6.43 Å². The second-order valence-corrected chi connectivity index (χ2v) is 4.35. The number of benzene rings is 1. The van der Waals surface area contributed by atoms with Crippen LogP contribution in [-0.4, -0.2) is 44.5 Å². The van der Waals surface area contributed by atoms with Gasteiger partial charge in [-0.2, -0.15) is 0 Å². The first kappa shape index (κ1) is 14.8. The Morgan fingerprint density at radius 3 is 2.80 bits per heavy atom. The molecule has 0 spiro atoms. The molecule has 2 rings (SSSR count). The van der Waals surface area contributed by atoms with Crippen molar-refractivity contribution in [3.8, 4) is 17.2 Å². The highest BCUT2D eigenvalue weighted by Gasteiger charge is 2.19. The van der Waals surface area contributed by atoms with Crippen molar-refractivity contribution < 1.29 is 28.1 Å². The van der Waals surface area contributed by atoms with Crippen LogP contribution in [0.4, 0.5) is 8.78 Å². The fourth-order valence-corrected chi connectivity index (χ4v) is 1.88. The molecule has 1 aliphatic heterocycles. The zero-order chi connectivity index (χ0) is 14.5. The molecule has 1 aromatic rings. The standard InChI is InChI=1S/C13H17F2NO4/c1-18-10-4-8(6-16-7-9(17)13(14)15)5-11-12(10)20-3-2-19-11/h4-5,9,13,16-17H,2-3,6-7H2,1H3. The highest BCUT2D eigenvalue weighted by molar-refractivity contribution is 5.54. The van der Waals surface area contributed by atoms with Crippen molar-refractivity contribution in [2.24, 2.45) is 0 Å². The summed E-state index contributed by atoms with van der Waals surface area (Å²) in [4.78, 5) is 0. The topological polar surface area (TPSA) is 60.0 Å². The SMILES string of the molecule is COc1cc(CNCC(O)C(F)F)cc2c1OCCO2. The summed E-state index contributed by atoms with van der Waals surface area (Å²) < 4.78 is 40.5. The lowest BCUT2D eigenvalue weighted by molar-refractivity contribution is -0.00341. The van der Waals surface area contributed by atoms with E-state index in [0.717, 1.165) is 5.56 Å². The van der Waals surface area contributed by atoms with Crippen LogP contribution in [-0.2, 0) is 6.54 Å². The molecule has 0 aliphatic carbocycles. The number of alkyl halides is 2. The average molecular weight is 289 g/mol. The number of hydrogen-bond donors (Lipinski definition) is 2. The van der Waals surface area contributed by atoms with Crippen molar-refractivity contribution in [2.45, 2.75) is 19.1 Å². The van der Waals surface area contributed by atoms with E-state index in [1.807, 2.05) is 0 Å². The van der Waals surface area contributed by atoms with E-state index >= 15 is 0 Å². The van der Waals surface area contributed by atoms with Crippen molar-refractivity contribution in [1.29, 1.82) is 0 Å². The van der Waals surface area contributed by atoms with E-state index < -0.39 is 12.5 Å². The number of fused-ring (bicyclic) bond motifs is 1. The van der Waals surface area contributed by atoms with Crippen LogP contribution in [0.15, 0.2) is 12.1 Å². The summed E-state index contributed by atoms with van der Waals surface area (Å²) in [5.74, 6) is 1.66. The zero-order valence-electron chi connectivity index (χ0n) is 11.1. The summed E-state index contributed by atoms with van der Waals surface area (Å²) in [5, 5.41) is 11.8. The lowest BCUT2D eigenvalue weighted by Gasteiger charge is -2.21. The lowest BCUT2D eigenvalue weighted by Crippen LogP contribution is -2.31. The third kappa shape index (κ3) is 3.49. The van der Waals surface area contributed by atoms with Gasteiger partial charge in [0.05, 0.1) is 7.11 Å². The fraction of sp³-hybridized carbons (Fsp3) is 0.538. The zero-order valence-corrected chi connectivity index (χ0v) is 11.1. The van der Waals surface area contributed by atoms with Crippen molar-refractivity contribution in [1.82, 2.24) is 5.32 Å². The molecular formula is C13H17F2NO4. The second kappa shape index (κ2) is 6.71. The minimum absolute atomic E-state index is 0.186. The molecule has 0 saturated heterocycles. The summed E-state index contributed by atoms with van der Waals surface area (Å²) >= 11 is 0. The van der Waals surface area contributed by atoms with Gasteiger partial charge in [-0.3, -0.25) is 0 Å².